The van der Waals surface area contributed by atoms with Crippen LogP contribution in [0.4, 0.5) is 4.79 Å². The number of rotatable bonds is 1. The van der Waals surface area contributed by atoms with Gasteiger partial charge in [-0.25, -0.2) is 9.59 Å². The molecule has 2 rings (SSSR count). The zero-order chi connectivity index (χ0) is 11.9. The molecule has 0 aromatic heterocycles. The molecule has 2 aliphatic heterocycles. The topological polar surface area (TPSA) is 84.6 Å². The molecule has 0 aromatic rings. The summed E-state index contributed by atoms with van der Waals surface area (Å²) in [6.45, 7) is 2.68. The second kappa shape index (κ2) is 3.67. The van der Waals surface area contributed by atoms with Crippen LogP contribution in [0.5, 0.6) is 0 Å². The van der Waals surface area contributed by atoms with Crippen LogP contribution in [-0.2, 0) is 4.79 Å². The minimum Gasteiger partial charge on any atom is -0.480 e. The first-order valence-corrected chi connectivity index (χ1v) is 5.24. The predicted molar refractivity (Wildman–Crippen MR) is 53.4 cm³/mol. The average molecular weight is 223 g/mol. The van der Waals surface area contributed by atoms with Crippen molar-refractivity contribution in [1.82, 2.24) is 9.80 Å². The van der Waals surface area contributed by atoms with Crippen molar-refractivity contribution in [1.29, 1.82) is 5.26 Å². The smallest absolute Gasteiger partial charge is 0.326 e. The maximum Gasteiger partial charge on any atom is 0.326 e. The van der Waals surface area contributed by atoms with E-state index in [-0.39, 0.29) is 18.0 Å². The fourth-order valence-corrected chi connectivity index (χ4v) is 2.14. The summed E-state index contributed by atoms with van der Waals surface area (Å²) in [7, 11) is 0. The number of aliphatic carboxylic acids is 1. The lowest BCUT2D eigenvalue weighted by atomic mass is 9.94. The van der Waals surface area contributed by atoms with E-state index in [4.69, 9.17) is 10.4 Å². The molecular formula is C10H13N3O3. The minimum absolute atomic E-state index is 0.0188. The number of nitrogens with zero attached hydrogens (tertiary/aromatic N) is 3. The number of nitriles is 1. The van der Waals surface area contributed by atoms with E-state index in [1.165, 1.54) is 9.80 Å². The van der Waals surface area contributed by atoms with Crippen LogP contribution in [0, 0.1) is 17.2 Å². The van der Waals surface area contributed by atoms with E-state index >= 15 is 0 Å². The van der Waals surface area contributed by atoms with Crippen LogP contribution in [0.15, 0.2) is 0 Å². The summed E-state index contributed by atoms with van der Waals surface area (Å²) in [5.41, 5.74) is 0. The Morgan fingerprint density at radius 3 is 2.50 bits per heavy atom. The standard InChI is InChI=1S/C10H13N3O3/c1-6-2-8(9(14)15)13(6)10(16)12-4-7(3-11)5-12/h6-8H,2,4-5H2,1H3,(H,14,15). The van der Waals surface area contributed by atoms with Crippen LogP contribution in [0.2, 0.25) is 0 Å². The molecular weight excluding hydrogens is 210 g/mol. The molecule has 2 atom stereocenters. The third-order valence-electron chi connectivity index (χ3n) is 3.22. The Balaban J connectivity index is 1.95. The average Bonchev–Trinajstić information content (AvgIpc) is 2.11. The first kappa shape index (κ1) is 10.7. The summed E-state index contributed by atoms with van der Waals surface area (Å²) >= 11 is 0. The molecule has 2 heterocycles. The van der Waals surface area contributed by atoms with E-state index in [1.807, 2.05) is 6.92 Å². The van der Waals surface area contributed by atoms with Crippen molar-refractivity contribution in [3.8, 4) is 6.07 Å². The van der Waals surface area contributed by atoms with E-state index in [0.29, 0.717) is 19.5 Å². The highest BCUT2D eigenvalue weighted by Crippen LogP contribution is 2.29. The molecule has 2 aliphatic rings. The zero-order valence-electron chi connectivity index (χ0n) is 8.96. The number of urea groups is 1. The van der Waals surface area contributed by atoms with Crippen molar-refractivity contribution in [2.45, 2.75) is 25.4 Å². The van der Waals surface area contributed by atoms with E-state index < -0.39 is 12.0 Å². The summed E-state index contributed by atoms with van der Waals surface area (Å²) in [6, 6.07) is 1.12. The third kappa shape index (κ3) is 1.48. The van der Waals surface area contributed by atoms with Gasteiger partial charge in [0, 0.05) is 19.1 Å². The number of hydrogen-bond acceptors (Lipinski definition) is 3. The molecule has 86 valence electrons. The number of carboxylic acid groups (broad SMARTS) is 1. The lowest BCUT2D eigenvalue weighted by molar-refractivity contribution is -0.149. The summed E-state index contributed by atoms with van der Waals surface area (Å²) in [4.78, 5) is 25.6. The SMILES string of the molecule is CC1CC(C(=O)O)N1C(=O)N1CC(C#N)C1. The third-order valence-corrected chi connectivity index (χ3v) is 3.22. The molecule has 2 amide bonds. The highest BCUT2D eigenvalue weighted by atomic mass is 16.4. The number of likely N-dealkylation sites (tertiary alicyclic amines) is 2. The molecule has 0 aliphatic carbocycles. The van der Waals surface area contributed by atoms with Crippen molar-refractivity contribution in [3.05, 3.63) is 0 Å². The van der Waals surface area contributed by atoms with Crippen molar-refractivity contribution < 1.29 is 14.7 Å². The molecule has 0 radical (unpaired) electrons. The van der Waals surface area contributed by atoms with Crippen molar-refractivity contribution in [2.75, 3.05) is 13.1 Å². The zero-order valence-corrected chi connectivity index (χ0v) is 8.96. The fourth-order valence-electron chi connectivity index (χ4n) is 2.14. The minimum atomic E-state index is -0.955. The molecule has 2 fully saturated rings. The van der Waals surface area contributed by atoms with Gasteiger partial charge in [0.05, 0.1) is 12.0 Å². The largest absolute Gasteiger partial charge is 0.480 e. The highest BCUT2D eigenvalue weighted by Gasteiger charge is 2.47. The quantitative estimate of drug-likeness (QED) is 0.683. The summed E-state index contributed by atoms with van der Waals surface area (Å²) < 4.78 is 0. The number of carboxylic acids is 1. The molecule has 1 N–H and O–H groups in total. The van der Waals surface area contributed by atoms with Gasteiger partial charge < -0.3 is 14.9 Å². The maximum absolute atomic E-state index is 11.9. The predicted octanol–water partition coefficient (Wildman–Crippen LogP) is 0.109. The highest BCUT2D eigenvalue weighted by molar-refractivity contribution is 5.85. The Bertz CT molecular complexity index is 370. The maximum atomic E-state index is 11.9. The van der Waals surface area contributed by atoms with Crippen LogP contribution in [-0.4, -0.2) is 52.1 Å². The van der Waals surface area contributed by atoms with Gasteiger partial charge in [-0.2, -0.15) is 5.26 Å². The van der Waals surface area contributed by atoms with E-state index in [1.54, 1.807) is 0 Å². The molecule has 16 heavy (non-hydrogen) atoms. The number of amides is 2. The van der Waals surface area contributed by atoms with Crippen molar-refractivity contribution in [2.24, 2.45) is 5.92 Å². The molecule has 2 saturated heterocycles. The van der Waals surface area contributed by atoms with Crippen LogP contribution in [0.1, 0.15) is 13.3 Å². The lowest BCUT2D eigenvalue weighted by Gasteiger charge is -2.49. The van der Waals surface area contributed by atoms with E-state index in [2.05, 4.69) is 6.07 Å². The Hall–Kier alpha value is -1.77. The summed E-state index contributed by atoms with van der Waals surface area (Å²) in [5.74, 6) is -1.05. The molecule has 0 saturated carbocycles. The van der Waals surface area contributed by atoms with Crippen LogP contribution in [0.3, 0.4) is 0 Å². The Morgan fingerprint density at radius 1 is 1.44 bits per heavy atom. The first-order valence-electron chi connectivity index (χ1n) is 5.24. The van der Waals surface area contributed by atoms with Crippen LogP contribution >= 0.6 is 0 Å². The normalized spacial score (nSPS) is 29.0. The number of hydrogen-bond donors (Lipinski definition) is 1. The lowest BCUT2D eigenvalue weighted by Crippen LogP contribution is -2.66. The molecule has 6 nitrogen and oxygen atoms in total. The molecule has 0 spiro atoms. The number of carbonyl (C=O) groups excluding carboxylic acids is 1. The van der Waals surface area contributed by atoms with Crippen molar-refractivity contribution in [3.63, 3.8) is 0 Å². The van der Waals surface area contributed by atoms with Crippen molar-refractivity contribution >= 4 is 12.0 Å². The van der Waals surface area contributed by atoms with Gasteiger partial charge in [0.1, 0.15) is 6.04 Å². The second-order valence-electron chi connectivity index (χ2n) is 4.36. The van der Waals surface area contributed by atoms with Gasteiger partial charge in [0.15, 0.2) is 0 Å². The van der Waals surface area contributed by atoms with E-state index in [0.717, 1.165) is 0 Å². The van der Waals surface area contributed by atoms with Gasteiger partial charge in [0.25, 0.3) is 0 Å². The van der Waals surface area contributed by atoms with E-state index in [9.17, 15) is 9.59 Å². The fraction of sp³-hybridized carbons (Fsp3) is 0.700. The Kier molecular flexibility index (Phi) is 2.46. The summed E-state index contributed by atoms with van der Waals surface area (Å²) in [6.07, 6.45) is 0.511. The Labute approximate surface area is 93.0 Å². The molecule has 0 aromatic carbocycles. The number of carbonyl (C=O) groups is 2. The van der Waals surface area contributed by atoms with Crippen LogP contribution in [0.25, 0.3) is 0 Å². The Morgan fingerprint density at radius 2 is 2.06 bits per heavy atom. The molecule has 2 unspecified atom stereocenters. The second-order valence-corrected chi connectivity index (χ2v) is 4.36. The first-order chi connectivity index (χ1) is 7.54. The monoisotopic (exact) mass is 223 g/mol. The van der Waals surface area contributed by atoms with Gasteiger partial charge in [-0.1, -0.05) is 0 Å². The van der Waals surface area contributed by atoms with Gasteiger partial charge in [-0.05, 0) is 13.3 Å². The van der Waals surface area contributed by atoms with Crippen LogP contribution < -0.4 is 0 Å². The van der Waals surface area contributed by atoms with Gasteiger partial charge in [0.2, 0.25) is 0 Å². The summed E-state index contributed by atoms with van der Waals surface area (Å²) in [5, 5.41) is 17.5. The van der Waals surface area contributed by atoms with Gasteiger partial charge in [-0.3, -0.25) is 0 Å². The molecule has 6 heteroatoms. The van der Waals surface area contributed by atoms with Gasteiger partial charge >= 0.3 is 12.0 Å². The molecule has 0 bridgehead atoms. The van der Waals surface area contributed by atoms with Gasteiger partial charge in [-0.15, -0.1) is 0 Å².